The van der Waals surface area contributed by atoms with E-state index in [-0.39, 0.29) is 5.82 Å². The lowest BCUT2D eigenvalue weighted by Gasteiger charge is -2.04. The average Bonchev–Trinajstić information content (AvgIpc) is 2.15. The van der Waals surface area contributed by atoms with Crippen LogP contribution in [0.25, 0.3) is 11.4 Å². The maximum Gasteiger partial charge on any atom is 0.165 e. The van der Waals surface area contributed by atoms with Gasteiger partial charge in [-0.15, -0.1) is 0 Å². The van der Waals surface area contributed by atoms with Crippen LogP contribution in [-0.2, 0) is 0 Å². The molecule has 82 valence electrons. The predicted octanol–water partition coefficient (Wildman–Crippen LogP) is 2.87. The van der Waals surface area contributed by atoms with Gasteiger partial charge >= 0.3 is 0 Å². The molecule has 0 aliphatic heterocycles. The van der Waals surface area contributed by atoms with Crippen molar-refractivity contribution in [3.63, 3.8) is 0 Å². The fourth-order valence-corrected chi connectivity index (χ4v) is 1.33. The fraction of sp³-hybridized carbons (Fsp3) is 0.0909. The van der Waals surface area contributed by atoms with Gasteiger partial charge in [-0.3, -0.25) is 0 Å². The molecule has 1 heterocycles. The van der Waals surface area contributed by atoms with Gasteiger partial charge in [0.1, 0.15) is 17.5 Å². The van der Waals surface area contributed by atoms with Crippen LogP contribution < -0.4 is 0 Å². The lowest BCUT2D eigenvalue weighted by molar-refractivity contribution is 0.546. The van der Waals surface area contributed by atoms with Crippen LogP contribution >= 0.6 is 0 Å². The van der Waals surface area contributed by atoms with Crippen molar-refractivity contribution in [2.24, 2.45) is 0 Å². The van der Waals surface area contributed by atoms with E-state index in [2.05, 4.69) is 9.97 Å². The Bertz CT molecular complexity index is 517. The van der Waals surface area contributed by atoms with E-state index in [1.807, 2.05) is 0 Å². The van der Waals surface area contributed by atoms with Crippen molar-refractivity contribution in [1.29, 1.82) is 0 Å². The summed E-state index contributed by atoms with van der Waals surface area (Å²) in [7, 11) is 0. The smallest absolute Gasteiger partial charge is 0.165 e. The molecule has 0 spiro atoms. The van der Waals surface area contributed by atoms with Crippen LogP contribution in [0.3, 0.4) is 0 Å². The predicted molar refractivity (Wildman–Crippen MR) is 52.1 cm³/mol. The van der Waals surface area contributed by atoms with Crippen LogP contribution in [0.1, 0.15) is 5.69 Å². The van der Waals surface area contributed by atoms with E-state index in [4.69, 9.17) is 0 Å². The zero-order valence-corrected chi connectivity index (χ0v) is 8.34. The highest BCUT2D eigenvalue weighted by Crippen LogP contribution is 2.23. The van der Waals surface area contributed by atoms with Gasteiger partial charge in [-0.1, -0.05) is 0 Å². The number of aryl methyl sites for hydroxylation is 1. The lowest BCUT2D eigenvalue weighted by Crippen LogP contribution is -1.97. The summed E-state index contributed by atoms with van der Waals surface area (Å²) in [5, 5.41) is 0. The first-order valence-corrected chi connectivity index (χ1v) is 4.52. The summed E-state index contributed by atoms with van der Waals surface area (Å²) < 4.78 is 39.4. The number of hydrogen-bond donors (Lipinski definition) is 0. The van der Waals surface area contributed by atoms with Gasteiger partial charge in [0, 0.05) is 24.0 Å². The van der Waals surface area contributed by atoms with Gasteiger partial charge in [-0.2, -0.15) is 0 Å². The van der Waals surface area contributed by atoms with Crippen molar-refractivity contribution >= 4 is 0 Å². The van der Waals surface area contributed by atoms with E-state index in [1.54, 1.807) is 13.0 Å². The molecule has 2 rings (SSSR count). The largest absolute Gasteiger partial charge is 0.236 e. The van der Waals surface area contributed by atoms with Crippen molar-refractivity contribution in [2.45, 2.75) is 6.92 Å². The Labute approximate surface area is 89.8 Å². The third-order valence-corrected chi connectivity index (χ3v) is 2.03. The number of nitrogens with zero attached hydrogens (tertiary/aromatic N) is 2. The minimum Gasteiger partial charge on any atom is -0.236 e. The van der Waals surface area contributed by atoms with Crippen LogP contribution in [0.5, 0.6) is 0 Å². The maximum atomic E-state index is 13.4. The molecule has 5 heteroatoms. The first-order chi connectivity index (χ1) is 7.58. The molecule has 0 fully saturated rings. The number of halogens is 3. The lowest BCUT2D eigenvalue weighted by atomic mass is 10.1. The van der Waals surface area contributed by atoms with Gasteiger partial charge in [-0.05, 0) is 13.0 Å². The van der Waals surface area contributed by atoms with Crippen LogP contribution in [0.2, 0.25) is 0 Å². The van der Waals surface area contributed by atoms with Crippen molar-refractivity contribution in [2.75, 3.05) is 0 Å². The summed E-state index contributed by atoms with van der Waals surface area (Å²) in [5.74, 6) is -3.08. The van der Waals surface area contributed by atoms with Crippen LogP contribution in [-0.4, -0.2) is 9.97 Å². The maximum absolute atomic E-state index is 13.4. The van der Waals surface area contributed by atoms with E-state index in [0.717, 1.165) is 0 Å². The van der Waals surface area contributed by atoms with Gasteiger partial charge in [0.15, 0.2) is 5.82 Å². The van der Waals surface area contributed by atoms with Crippen LogP contribution in [0, 0.1) is 24.4 Å². The van der Waals surface area contributed by atoms with Gasteiger partial charge in [0.25, 0.3) is 0 Å². The summed E-state index contributed by atoms with van der Waals surface area (Å²) in [6.07, 6.45) is 1.39. The molecule has 0 N–H and O–H groups in total. The zero-order chi connectivity index (χ0) is 11.7. The summed E-state index contributed by atoms with van der Waals surface area (Å²) >= 11 is 0. The molecule has 1 aromatic heterocycles. The summed E-state index contributed by atoms with van der Waals surface area (Å²) in [6.45, 7) is 1.67. The molecule has 0 bridgehead atoms. The highest BCUT2D eigenvalue weighted by atomic mass is 19.1. The quantitative estimate of drug-likeness (QED) is 0.744. The molecule has 2 aromatic rings. The zero-order valence-electron chi connectivity index (χ0n) is 8.34. The third kappa shape index (κ3) is 1.88. The van der Waals surface area contributed by atoms with Crippen molar-refractivity contribution in [1.82, 2.24) is 9.97 Å². The Morgan fingerprint density at radius 2 is 1.69 bits per heavy atom. The molecule has 2 nitrogen and oxygen atoms in total. The second-order valence-electron chi connectivity index (χ2n) is 3.27. The molecule has 0 radical (unpaired) electrons. The molecule has 1 aromatic carbocycles. The Kier molecular flexibility index (Phi) is 2.60. The van der Waals surface area contributed by atoms with Crippen LogP contribution in [0.15, 0.2) is 24.4 Å². The van der Waals surface area contributed by atoms with E-state index >= 15 is 0 Å². The van der Waals surface area contributed by atoms with E-state index in [1.165, 1.54) is 6.20 Å². The fourth-order valence-electron chi connectivity index (χ4n) is 1.33. The molecule has 0 aliphatic rings. The molecule has 16 heavy (non-hydrogen) atoms. The normalized spacial score (nSPS) is 10.5. The third-order valence-electron chi connectivity index (χ3n) is 2.03. The molecule has 0 unspecified atom stereocenters. The molecular formula is C11H7F3N2. The Morgan fingerprint density at radius 3 is 2.25 bits per heavy atom. The van der Waals surface area contributed by atoms with Crippen molar-refractivity contribution < 1.29 is 13.2 Å². The summed E-state index contributed by atoms with van der Waals surface area (Å²) in [4.78, 5) is 7.63. The molecular weight excluding hydrogens is 217 g/mol. The molecule has 0 amide bonds. The van der Waals surface area contributed by atoms with Crippen molar-refractivity contribution in [3.8, 4) is 11.4 Å². The minimum absolute atomic E-state index is 0.0880. The van der Waals surface area contributed by atoms with Gasteiger partial charge in [0.2, 0.25) is 0 Å². The number of hydrogen-bond acceptors (Lipinski definition) is 2. The average molecular weight is 224 g/mol. The van der Waals surface area contributed by atoms with Gasteiger partial charge in [-0.25, -0.2) is 23.1 Å². The molecule has 0 aliphatic carbocycles. The molecule has 0 atom stereocenters. The second-order valence-corrected chi connectivity index (χ2v) is 3.27. The second kappa shape index (κ2) is 3.92. The SMILES string of the molecule is Cc1ccnc(-c2c(F)cc(F)cc2F)n1. The monoisotopic (exact) mass is 224 g/mol. The Balaban J connectivity index is 2.64. The highest BCUT2D eigenvalue weighted by Gasteiger charge is 2.15. The van der Waals surface area contributed by atoms with Gasteiger partial charge in [0.05, 0.1) is 5.56 Å². The summed E-state index contributed by atoms with van der Waals surface area (Å²) in [5.41, 5.74) is 0.165. The first-order valence-electron chi connectivity index (χ1n) is 4.52. The van der Waals surface area contributed by atoms with E-state index in [0.29, 0.717) is 17.8 Å². The van der Waals surface area contributed by atoms with Gasteiger partial charge < -0.3 is 0 Å². The standard InChI is InChI=1S/C11H7F3N2/c1-6-2-3-15-11(16-6)10-8(13)4-7(12)5-9(10)14/h2-5H,1H3. The number of benzene rings is 1. The first kappa shape index (κ1) is 10.6. The summed E-state index contributed by atoms with van der Waals surface area (Å²) in [6, 6.07) is 2.80. The number of aromatic nitrogens is 2. The van der Waals surface area contributed by atoms with E-state index < -0.39 is 23.0 Å². The number of rotatable bonds is 1. The minimum atomic E-state index is -1.01. The molecule has 0 saturated heterocycles. The topological polar surface area (TPSA) is 25.8 Å². The van der Waals surface area contributed by atoms with E-state index in [9.17, 15) is 13.2 Å². The highest BCUT2D eigenvalue weighted by molar-refractivity contribution is 5.56. The Morgan fingerprint density at radius 1 is 1.06 bits per heavy atom. The Hall–Kier alpha value is -1.91. The molecule has 0 saturated carbocycles. The van der Waals surface area contributed by atoms with Crippen molar-refractivity contribution in [3.05, 3.63) is 47.5 Å². The van der Waals surface area contributed by atoms with Crippen LogP contribution in [0.4, 0.5) is 13.2 Å².